The fraction of sp³-hybridized carbons (Fsp3) is 0.462. The molecule has 0 aliphatic heterocycles. The van der Waals surface area contributed by atoms with E-state index in [9.17, 15) is 4.39 Å². The molecular formula is C13H15ClFIN2. The molecular weight excluding hydrogens is 366 g/mol. The van der Waals surface area contributed by atoms with E-state index in [1.807, 2.05) is 22.6 Å². The predicted octanol–water partition coefficient (Wildman–Crippen LogP) is 5.05. The first-order chi connectivity index (χ1) is 8.59. The molecule has 98 valence electrons. The first kappa shape index (κ1) is 14.1. The summed E-state index contributed by atoms with van der Waals surface area (Å²) in [6.07, 6.45) is 5.59. The summed E-state index contributed by atoms with van der Waals surface area (Å²) >= 11 is 7.82. The SMILES string of the molecule is N=C(Nc1c(I)ccc(Cl)c1F)C1CCCCC1. The number of benzene rings is 1. The summed E-state index contributed by atoms with van der Waals surface area (Å²) in [5.41, 5.74) is 0.332. The molecule has 5 heteroatoms. The van der Waals surface area contributed by atoms with Crippen molar-refractivity contribution in [2.75, 3.05) is 5.32 Å². The van der Waals surface area contributed by atoms with Crippen LogP contribution in [-0.2, 0) is 0 Å². The third-order valence-corrected chi connectivity index (χ3v) is 4.51. The van der Waals surface area contributed by atoms with Gasteiger partial charge < -0.3 is 5.32 Å². The smallest absolute Gasteiger partial charge is 0.166 e. The van der Waals surface area contributed by atoms with Crippen molar-refractivity contribution in [3.8, 4) is 0 Å². The van der Waals surface area contributed by atoms with Crippen LogP contribution in [0.3, 0.4) is 0 Å². The van der Waals surface area contributed by atoms with Crippen LogP contribution in [0.25, 0.3) is 0 Å². The molecule has 18 heavy (non-hydrogen) atoms. The normalized spacial score (nSPS) is 16.6. The summed E-state index contributed by atoms with van der Waals surface area (Å²) < 4.78 is 14.6. The first-order valence-electron chi connectivity index (χ1n) is 6.08. The maximum Gasteiger partial charge on any atom is 0.166 e. The van der Waals surface area contributed by atoms with Gasteiger partial charge in [-0.15, -0.1) is 0 Å². The molecule has 0 saturated heterocycles. The van der Waals surface area contributed by atoms with Crippen LogP contribution >= 0.6 is 34.2 Å². The zero-order chi connectivity index (χ0) is 13.1. The number of rotatable bonds is 2. The molecule has 0 amide bonds. The maximum atomic E-state index is 13.9. The number of hydrogen-bond donors (Lipinski definition) is 2. The van der Waals surface area contributed by atoms with Gasteiger partial charge in [-0.3, -0.25) is 5.41 Å². The molecule has 1 fully saturated rings. The number of anilines is 1. The fourth-order valence-electron chi connectivity index (χ4n) is 2.27. The summed E-state index contributed by atoms with van der Waals surface area (Å²) in [5.74, 6) is 0.172. The van der Waals surface area contributed by atoms with Gasteiger partial charge in [0.25, 0.3) is 0 Å². The lowest BCUT2D eigenvalue weighted by Gasteiger charge is -2.23. The molecule has 0 spiro atoms. The Labute approximate surface area is 125 Å². The van der Waals surface area contributed by atoms with Crippen molar-refractivity contribution in [2.45, 2.75) is 32.1 Å². The van der Waals surface area contributed by atoms with Crippen LogP contribution in [0.5, 0.6) is 0 Å². The van der Waals surface area contributed by atoms with Gasteiger partial charge in [0, 0.05) is 9.49 Å². The van der Waals surface area contributed by atoms with Crippen LogP contribution < -0.4 is 5.32 Å². The van der Waals surface area contributed by atoms with Crippen LogP contribution in [0.1, 0.15) is 32.1 Å². The number of hydrogen-bond acceptors (Lipinski definition) is 1. The van der Waals surface area contributed by atoms with Gasteiger partial charge in [-0.2, -0.15) is 0 Å². The lowest BCUT2D eigenvalue weighted by atomic mass is 9.88. The van der Waals surface area contributed by atoms with Crippen molar-refractivity contribution >= 4 is 45.7 Å². The molecule has 2 nitrogen and oxygen atoms in total. The fourth-order valence-corrected chi connectivity index (χ4v) is 2.98. The van der Waals surface area contributed by atoms with Gasteiger partial charge in [0.1, 0.15) is 5.84 Å². The van der Waals surface area contributed by atoms with Crippen molar-refractivity contribution in [1.82, 2.24) is 0 Å². The average molecular weight is 381 g/mol. The van der Waals surface area contributed by atoms with E-state index in [4.69, 9.17) is 17.0 Å². The highest BCUT2D eigenvalue weighted by molar-refractivity contribution is 14.1. The van der Waals surface area contributed by atoms with Gasteiger partial charge in [0.05, 0.1) is 10.7 Å². The molecule has 1 aromatic carbocycles. The highest BCUT2D eigenvalue weighted by Gasteiger charge is 2.20. The molecule has 0 heterocycles. The highest BCUT2D eigenvalue weighted by atomic mass is 127. The third kappa shape index (κ3) is 3.15. The Hall–Kier alpha value is -0.360. The molecule has 2 rings (SSSR count). The quantitative estimate of drug-likeness (QED) is 0.320. The van der Waals surface area contributed by atoms with E-state index in [1.165, 1.54) is 12.5 Å². The van der Waals surface area contributed by atoms with Crippen LogP contribution in [0, 0.1) is 20.7 Å². The minimum absolute atomic E-state index is 0.0920. The van der Waals surface area contributed by atoms with E-state index in [2.05, 4.69) is 5.32 Å². The Morgan fingerprint density at radius 2 is 2.00 bits per heavy atom. The second kappa shape index (κ2) is 6.19. The Bertz CT molecular complexity index is 459. The van der Waals surface area contributed by atoms with E-state index >= 15 is 0 Å². The van der Waals surface area contributed by atoms with Crippen molar-refractivity contribution in [3.05, 3.63) is 26.5 Å². The summed E-state index contributed by atoms with van der Waals surface area (Å²) in [6, 6.07) is 3.29. The van der Waals surface area contributed by atoms with E-state index in [0.717, 1.165) is 29.3 Å². The number of amidine groups is 1. The molecule has 0 atom stereocenters. The highest BCUT2D eigenvalue weighted by Crippen LogP contribution is 2.30. The van der Waals surface area contributed by atoms with E-state index in [-0.39, 0.29) is 10.9 Å². The molecule has 1 aliphatic rings. The van der Waals surface area contributed by atoms with Crippen molar-refractivity contribution in [1.29, 1.82) is 5.41 Å². The molecule has 1 aromatic rings. The van der Waals surface area contributed by atoms with Gasteiger partial charge in [0.15, 0.2) is 5.82 Å². The lowest BCUT2D eigenvalue weighted by molar-refractivity contribution is 0.437. The van der Waals surface area contributed by atoms with Crippen LogP contribution in [-0.4, -0.2) is 5.84 Å². The van der Waals surface area contributed by atoms with Gasteiger partial charge in [-0.25, -0.2) is 4.39 Å². The topological polar surface area (TPSA) is 35.9 Å². The minimum Gasteiger partial charge on any atom is -0.341 e. The molecule has 0 aromatic heterocycles. The van der Waals surface area contributed by atoms with Crippen LogP contribution in [0.4, 0.5) is 10.1 Å². The Kier molecular flexibility index (Phi) is 4.84. The molecule has 0 radical (unpaired) electrons. The van der Waals surface area contributed by atoms with Crippen molar-refractivity contribution in [3.63, 3.8) is 0 Å². The van der Waals surface area contributed by atoms with Gasteiger partial charge >= 0.3 is 0 Å². The average Bonchev–Trinajstić information content (AvgIpc) is 2.40. The molecule has 2 N–H and O–H groups in total. The maximum absolute atomic E-state index is 13.9. The second-order valence-electron chi connectivity index (χ2n) is 4.59. The van der Waals surface area contributed by atoms with Crippen molar-refractivity contribution < 1.29 is 4.39 Å². The summed E-state index contributed by atoms with van der Waals surface area (Å²) in [5, 5.41) is 11.1. The summed E-state index contributed by atoms with van der Waals surface area (Å²) in [6.45, 7) is 0. The van der Waals surface area contributed by atoms with Gasteiger partial charge in [-0.05, 0) is 47.6 Å². The zero-order valence-electron chi connectivity index (χ0n) is 9.90. The Morgan fingerprint density at radius 3 is 2.67 bits per heavy atom. The van der Waals surface area contributed by atoms with E-state index < -0.39 is 5.82 Å². The molecule has 0 bridgehead atoms. The Balaban J connectivity index is 2.13. The lowest BCUT2D eigenvalue weighted by Crippen LogP contribution is -2.25. The number of halogens is 3. The Morgan fingerprint density at radius 1 is 1.33 bits per heavy atom. The van der Waals surface area contributed by atoms with Crippen LogP contribution in [0.2, 0.25) is 5.02 Å². The van der Waals surface area contributed by atoms with Gasteiger partial charge in [0.2, 0.25) is 0 Å². The largest absolute Gasteiger partial charge is 0.341 e. The zero-order valence-corrected chi connectivity index (χ0v) is 12.8. The van der Waals surface area contributed by atoms with Crippen LogP contribution in [0.15, 0.2) is 12.1 Å². The predicted molar refractivity (Wildman–Crippen MR) is 82.1 cm³/mol. The second-order valence-corrected chi connectivity index (χ2v) is 6.16. The summed E-state index contributed by atoms with van der Waals surface area (Å²) in [4.78, 5) is 0. The van der Waals surface area contributed by atoms with Crippen molar-refractivity contribution in [2.24, 2.45) is 5.92 Å². The van der Waals surface area contributed by atoms with E-state index in [1.54, 1.807) is 6.07 Å². The standard InChI is InChI=1S/C13H15ClFIN2/c14-9-6-7-10(16)12(11(9)15)18-13(17)8-4-2-1-3-5-8/h6-8H,1-5H2,(H2,17,18). The molecule has 1 aliphatic carbocycles. The molecule has 1 saturated carbocycles. The number of nitrogens with one attached hydrogen (secondary N) is 2. The third-order valence-electron chi connectivity index (χ3n) is 3.32. The molecule has 0 unspecified atom stereocenters. The van der Waals surface area contributed by atoms with E-state index in [0.29, 0.717) is 11.5 Å². The minimum atomic E-state index is -0.468. The van der Waals surface area contributed by atoms with Gasteiger partial charge in [-0.1, -0.05) is 30.9 Å². The monoisotopic (exact) mass is 380 g/mol. The summed E-state index contributed by atoms with van der Waals surface area (Å²) in [7, 11) is 0. The first-order valence-corrected chi connectivity index (χ1v) is 7.54.